The second kappa shape index (κ2) is 9.31. The van der Waals surface area contributed by atoms with Gasteiger partial charge in [-0.15, -0.1) is 0 Å². The number of carbonyl (C=O) groups is 3. The number of ether oxygens (including phenoxy) is 3. The molecule has 0 aliphatic carbocycles. The van der Waals surface area contributed by atoms with E-state index in [0.29, 0.717) is 0 Å². The van der Waals surface area contributed by atoms with Crippen molar-refractivity contribution in [1.82, 2.24) is 9.97 Å². The number of halogens is 1. The number of hydrogen-bond acceptors (Lipinski definition) is 9. The Kier molecular flexibility index (Phi) is 7.92. The molecule has 10 heteroatoms. The molecule has 0 spiro atoms. The summed E-state index contributed by atoms with van der Waals surface area (Å²) < 4.78 is 30.9. The zero-order chi connectivity index (χ0) is 21.7. The van der Waals surface area contributed by atoms with Crippen LogP contribution < -0.4 is 0 Å². The molecule has 156 valence electrons. The number of hydrogen-bond donors (Lipinski definition) is 0. The summed E-state index contributed by atoms with van der Waals surface area (Å²) in [7, 11) is 0. The van der Waals surface area contributed by atoms with E-state index in [4.69, 9.17) is 14.2 Å². The first-order valence-corrected chi connectivity index (χ1v) is 9.84. The third-order valence-electron chi connectivity index (χ3n) is 3.29. The smallest absolute Gasteiger partial charge is 0.362 e. The van der Waals surface area contributed by atoms with Gasteiger partial charge in [-0.2, -0.15) is 0 Å². The maximum Gasteiger partial charge on any atom is 0.362 e. The second-order valence-electron chi connectivity index (χ2n) is 6.62. The minimum absolute atomic E-state index is 0.00682. The molecule has 0 fully saturated rings. The first kappa shape index (κ1) is 23.8. The molecule has 1 heterocycles. The molecule has 0 saturated carbocycles. The van der Waals surface area contributed by atoms with E-state index in [-0.39, 0.29) is 24.1 Å². The molecule has 1 aromatic rings. The fourth-order valence-electron chi connectivity index (χ4n) is 2.19. The molecule has 0 aliphatic heterocycles. The van der Waals surface area contributed by atoms with E-state index in [9.17, 15) is 14.4 Å². The van der Waals surface area contributed by atoms with Gasteiger partial charge in [0.1, 0.15) is 16.9 Å². The van der Waals surface area contributed by atoms with Gasteiger partial charge < -0.3 is 14.2 Å². The summed E-state index contributed by atoms with van der Waals surface area (Å²) in [5.74, 6) is -4.02. The Morgan fingerprint density at radius 3 is 2.07 bits per heavy atom. The Morgan fingerprint density at radius 1 is 1.04 bits per heavy atom. The van der Waals surface area contributed by atoms with Crippen LogP contribution in [0, 0.1) is 6.92 Å². The van der Waals surface area contributed by atoms with Crippen molar-refractivity contribution in [2.75, 3.05) is 19.5 Å². The zero-order valence-electron chi connectivity index (χ0n) is 17.0. The van der Waals surface area contributed by atoms with Crippen LogP contribution in [0.4, 0.5) is 4.39 Å². The lowest BCUT2D eigenvalue weighted by Gasteiger charge is -2.27. The van der Waals surface area contributed by atoms with E-state index in [1.807, 2.05) is 0 Å². The monoisotopic (exact) mass is 416 g/mol. The Morgan fingerprint density at radius 2 is 1.61 bits per heavy atom. The highest BCUT2D eigenvalue weighted by Gasteiger charge is 2.57. The van der Waals surface area contributed by atoms with Gasteiger partial charge in [0.2, 0.25) is 0 Å². The zero-order valence-corrected chi connectivity index (χ0v) is 17.9. The van der Waals surface area contributed by atoms with Crippen molar-refractivity contribution in [3.8, 4) is 0 Å². The van der Waals surface area contributed by atoms with E-state index in [1.165, 1.54) is 34.6 Å². The van der Waals surface area contributed by atoms with Gasteiger partial charge in [0.25, 0.3) is 0 Å². The summed E-state index contributed by atoms with van der Waals surface area (Å²) in [6.45, 7) is 8.79. The minimum Gasteiger partial charge on any atom is -0.463 e. The second-order valence-corrected chi connectivity index (χ2v) is 7.39. The van der Waals surface area contributed by atoms with Crippen molar-refractivity contribution in [2.45, 2.75) is 58.0 Å². The number of alkyl halides is 1. The van der Waals surface area contributed by atoms with Gasteiger partial charge in [0, 0.05) is 0 Å². The molecule has 0 N–H and O–H groups in total. The SMILES string of the molecule is CCOC(=O)c1c(C)nc(SC)nc1C(F)(C(=O)OCC)C(=O)OC(C)(C)C. The molecule has 0 aromatic carbocycles. The molecule has 0 aliphatic rings. The lowest BCUT2D eigenvalue weighted by atomic mass is 9.95. The molecule has 28 heavy (non-hydrogen) atoms. The Bertz CT molecular complexity index is 765. The van der Waals surface area contributed by atoms with Gasteiger partial charge in [-0.05, 0) is 47.8 Å². The van der Waals surface area contributed by atoms with Crippen LogP contribution >= 0.6 is 11.8 Å². The Labute approximate surface area is 167 Å². The normalized spacial score (nSPS) is 13.4. The van der Waals surface area contributed by atoms with Crippen LogP contribution in [-0.4, -0.2) is 52.9 Å². The van der Waals surface area contributed by atoms with E-state index < -0.39 is 40.4 Å². The van der Waals surface area contributed by atoms with Crippen LogP contribution in [-0.2, 0) is 29.5 Å². The van der Waals surface area contributed by atoms with Crippen molar-refractivity contribution < 1.29 is 33.0 Å². The molecule has 1 unspecified atom stereocenters. The summed E-state index contributed by atoms with van der Waals surface area (Å²) in [4.78, 5) is 45.7. The summed E-state index contributed by atoms with van der Waals surface area (Å²) in [6.07, 6.45) is 1.63. The Balaban J connectivity index is 3.81. The van der Waals surface area contributed by atoms with Gasteiger partial charge in [-0.1, -0.05) is 11.8 Å². The summed E-state index contributed by atoms with van der Waals surface area (Å²) >= 11 is 1.05. The number of carbonyl (C=O) groups excluding carboxylic acids is 3. The summed E-state index contributed by atoms with van der Waals surface area (Å²) in [5, 5.41) is 0.0652. The molecule has 0 saturated heterocycles. The fourth-order valence-corrected chi connectivity index (χ4v) is 2.60. The maximum atomic E-state index is 16.1. The lowest BCUT2D eigenvalue weighted by Crippen LogP contribution is -2.47. The molecule has 0 bridgehead atoms. The summed E-state index contributed by atoms with van der Waals surface area (Å²) in [5.41, 5.74) is -5.68. The number of aryl methyl sites for hydroxylation is 1. The number of aromatic nitrogens is 2. The average Bonchev–Trinajstić information content (AvgIpc) is 2.58. The topological polar surface area (TPSA) is 105 Å². The predicted octanol–water partition coefficient (Wildman–Crippen LogP) is 2.75. The van der Waals surface area contributed by atoms with Crippen molar-refractivity contribution >= 4 is 29.7 Å². The standard InChI is InChI=1S/C18H25FN2O6S/c1-8-25-13(22)11-10(3)20-16(28-7)21-12(11)18(19,14(23)26-9-2)15(24)27-17(4,5)6/h8-9H2,1-7H3. The van der Waals surface area contributed by atoms with Crippen LogP contribution in [0.3, 0.4) is 0 Å². The Hall–Kier alpha value is -2.23. The number of rotatable bonds is 7. The quantitative estimate of drug-likeness (QED) is 0.218. The molecule has 1 rings (SSSR count). The third kappa shape index (κ3) is 5.18. The van der Waals surface area contributed by atoms with Crippen LogP contribution in [0.15, 0.2) is 5.16 Å². The molecule has 0 radical (unpaired) electrons. The minimum atomic E-state index is -3.47. The van der Waals surface area contributed by atoms with Crippen molar-refractivity contribution in [2.24, 2.45) is 0 Å². The predicted molar refractivity (Wildman–Crippen MR) is 99.8 cm³/mol. The van der Waals surface area contributed by atoms with Crippen LogP contribution in [0.1, 0.15) is 56.4 Å². The van der Waals surface area contributed by atoms with Crippen LogP contribution in [0.2, 0.25) is 0 Å². The van der Waals surface area contributed by atoms with Gasteiger partial charge in [0.15, 0.2) is 5.16 Å². The molecule has 8 nitrogen and oxygen atoms in total. The van der Waals surface area contributed by atoms with Crippen molar-refractivity contribution in [1.29, 1.82) is 0 Å². The molecule has 1 atom stereocenters. The molecular formula is C18H25FN2O6S. The van der Waals surface area contributed by atoms with E-state index in [0.717, 1.165) is 11.8 Å². The van der Waals surface area contributed by atoms with E-state index in [1.54, 1.807) is 13.2 Å². The van der Waals surface area contributed by atoms with Gasteiger partial charge in [-0.25, -0.2) is 28.7 Å². The van der Waals surface area contributed by atoms with Gasteiger partial charge in [0.05, 0.1) is 18.9 Å². The highest BCUT2D eigenvalue weighted by Crippen LogP contribution is 2.34. The third-order valence-corrected chi connectivity index (χ3v) is 3.84. The van der Waals surface area contributed by atoms with Crippen LogP contribution in [0.5, 0.6) is 0 Å². The largest absolute Gasteiger partial charge is 0.463 e. The van der Waals surface area contributed by atoms with Crippen molar-refractivity contribution in [3.63, 3.8) is 0 Å². The highest BCUT2D eigenvalue weighted by molar-refractivity contribution is 7.98. The number of nitrogens with zero attached hydrogens (tertiary/aromatic N) is 2. The highest BCUT2D eigenvalue weighted by atomic mass is 32.2. The maximum absolute atomic E-state index is 16.1. The fraction of sp³-hybridized carbons (Fsp3) is 0.611. The number of thioether (sulfide) groups is 1. The van der Waals surface area contributed by atoms with Gasteiger partial charge in [-0.3, -0.25) is 0 Å². The van der Waals surface area contributed by atoms with Crippen molar-refractivity contribution in [3.05, 3.63) is 17.0 Å². The number of esters is 3. The van der Waals surface area contributed by atoms with E-state index in [2.05, 4.69) is 9.97 Å². The average molecular weight is 416 g/mol. The first-order valence-electron chi connectivity index (χ1n) is 8.62. The van der Waals surface area contributed by atoms with Crippen LogP contribution in [0.25, 0.3) is 0 Å². The molecule has 0 amide bonds. The van der Waals surface area contributed by atoms with Gasteiger partial charge >= 0.3 is 23.6 Å². The molecular weight excluding hydrogens is 391 g/mol. The lowest BCUT2D eigenvalue weighted by molar-refractivity contribution is -0.183. The summed E-state index contributed by atoms with van der Waals surface area (Å²) in [6, 6.07) is 0. The van der Waals surface area contributed by atoms with E-state index >= 15 is 4.39 Å². The first-order chi connectivity index (χ1) is 12.9. The molecule has 1 aromatic heterocycles.